The number of rotatable bonds is 3. The number of nitrogens with two attached hydrogens (primary N) is 1. The number of nitrogens with zero attached hydrogens (tertiary/aromatic N) is 2. The highest BCUT2D eigenvalue weighted by molar-refractivity contribution is 9.10. The average Bonchev–Trinajstić information content (AvgIpc) is 2.82. The third kappa shape index (κ3) is 2.82. The molecule has 0 fully saturated rings. The Hall–Kier alpha value is -1.89. The van der Waals surface area contributed by atoms with E-state index in [9.17, 15) is 4.79 Å². The molecular weight excluding hydrogens is 288 g/mol. The predicted molar refractivity (Wildman–Crippen MR) is 64.0 cm³/mol. The lowest BCUT2D eigenvalue weighted by Gasteiger charge is -2.04. The molecular formula is C10H9BrN4O2. The minimum absolute atomic E-state index is 0.214. The van der Waals surface area contributed by atoms with Crippen LogP contribution in [0.1, 0.15) is 16.2 Å². The van der Waals surface area contributed by atoms with Crippen LogP contribution in [0.4, 0.5) is 5.69 Å². The van der Waals surface area contributed by atoms with Gasteiger partial charge in [0.05, 0.1) is 6.54 Å². The van der Waals surface area contributed by atoms with Gasteiger partial charge in [-0.3, -0.25) is 4.79 Å². The van der Waals surface area contributed by atoms with Gasteiger partial charge in [0.25, 0.3) is 5.91 Å². The molecule has 1 aromatic carbocycles. The van der Waals surface area contributed by atoms with Gasteiger partial charge in [0.1, 0.15) is 0 Å². The first-order valence-electron chi connectivity index (χ1n) is 4.75. The van der Waals surface area contributed by atoms with Crippen LogP contribution in [0.5, 0.6) is 0 Å². The molecule has 0 unspecified atom stereocenters. The van der Waals surface area contributed by atoms with Gasteiger partial charge in [-0.15, -0.1) is 0 Å². The molecule has 0 bridgehead atoms. The number of nitrogen functional groups attached to an aromatic ring is 1. The number of aromatic nitrogens is 2. The zero-order valence-corrected chi connectivity index (χ0v) is 10.3. The van der Waals surface area contributed by atoms with Gasteiger partial charge in [0, 0.05) is 15.7 Å². The molecule has 3 N–H and O–H groups in total. The van der Waals surface area contributed by atoms with Crippen molar-refractivity contribution in [2.45, 2.75) is 6.54 Å². The maximum absolute atomic E-state index is 11.7. The first-order chi connectivity index (χ1) is 8.16. The molecule has 0 aliphatic carbocycles. The van der Waals surface area contributed by atoms with Crippen molar-refractivity contribution in [3.05, 3.63) is 40.5 Å². The van der Waals surface area contributed by atoms with E-state index in [0.29, 0.717) is 17.1 Å². The fourth-order valence-corrected chi connectivity index (χ4v) is 1.46. The van der Waals surface area contributed by atoms with Gasteiger partial charge < -0.3 is 15.6 Å². The Morgan fingerprint density at radius 1 is 1.53 bits per heavy atom. The SMILES string of the molecule is Nc1cc(C(=O)NCc2ncon2)ccc1Br. The molecule has 0 atom stereocenters. The molecule has 0 radical (unpaired) electrons. The van der Waals surface area contributed by atoms with Crippen LogP contribution in [0.15, 0.2) is 33.6 Å². The third-order valence-corrected chi connectivity index (χ3v) is 2.79. The molecule has 2 rings (SSSR count). The van der Waals surface area contributed by atoms with Gasteiger partial charge in [-0.2, -0.15) is 4.98 Å². The highest BCUT2D eigenvalue weighted by Crippen LogP contribution is 2.20. The molecule has 17 heavy (non-hydrogen) atoms. The van der Waals surface area contributed by atoms with Gasteiger partial charge in [0.2, 0.25) is 6.39 Å². The van der Waals surface area contributed by atoms with Crippen LogP contribution in [0.2, 0.25) is 0 Å². The van der Waals surface area contributed by atoms with Gasteiger partial charge in [-0.25, -0.2) is 0 Å². The van der Waals surface area contributed by atoms with E-state index in [2.05, 4.69) is 35.9 Å². The zero-order valence-electron chi connectivity index (χ0n) is 8.68. The number of halogens is 1. The molecule has 0 aliphatic rings. The second kappa shape index (κ2) is 4.96. The fraction of sp³-hybridized carbons (Fsp3) is 0.100. The van der Waals surface area contributed by atoms with Crippen LogP contribution in [-0.4, -0.2) is 16.0 Å². The van der Waals surface area contributed by atoms with E-state index in [1.54, 1.807) is 18.2 Å². The molecule has 7 heteroatoms. The summed E-state index contributed by atoms with van der Waals surface area (Å²) in [6, 6.07) is 4.99. The average molecular weight is 297 g/mol. The standard InChI is InChI=1S/C10H9BrN4O2/c11-7-2-1-6(3-8(7)12)10(16)13-4-9-14-5-17-15-9/h1-3,5H,4,12H2,(H,13,16). The van der Waals surface area contributed by atoms with Crippen LogP contribution in [-0.2, 0) is 6.54 Å². The maximum atomic E-state index is 11.7. The number of anilines is 1. The van der Waals surface area contributed by atoms with Crippen LogP contribution in [0, 0.1) is 0 Å². The van der Waals surface area contributed by atoms with Crippen molar-refractivity contribution in [3.8, 4) is 0 Å². The lowest BCUT2D eigenvalue weighted by Crippen LogP contribution is -2.23. The van der Waals surface area contributed by atoms with E-state index in [1.165, 1.54) is 6.39 Å². The Balaban J connectivity index is 2.02. The topological polar surface area (TPSA) is 94.0 Å². The molecule has 1 heterocycles. The van der Waals surface area contributed by atoms with Crippen LogP contribution >= 0.6 is 15.9 Å². The van der Waals surface area contributed by atoms with Crippen LogP contribution in [0.25, 0.3) is 0 Å². The Kier molecular flexibility index (Phi) is 3.38. The summed E-state index contributed by atoms with van der Waals surface area (Å²) in [5.74, 6) is 0.178. The first-order valence-corrected chi connectivity index (χ1v) is 5.54. The van der Waals surface area contributed by atoms with E-state index in [0.717, 1.165) is 4.47 Å². The quantitative estimate of drug-likeness (QED) is 0.834. The lowest BCUT2D eigenvalue weighted by molar-refractivity contribution is 0.0949. The number of benzene rings is 1. The summed E-state index contributed by atoms with van der Waals surface area (Å²) in [6.45, 7) is 0.214. The third-order valence-electron chi connectivity index (χ3n) is 2.07. The number of nitrogens with one attached hydrogen (secondary N) is 1. The van der Waals surface area contributed by atoms with E-state index < -0.39 is 0 Å². The molecule has 1 amide bonds. The van der Waals surface area contributed by atoms with Crippen molar-refractivity contribution in [1.82, 2.24) is 15.5 Å². The molecule has 0 aliphatic heterocycles. The van der Waals surface area contributed by atoms with Crippen molar-refractivity contribution in [2.24, 2.45) is 0 Å². The second-order valence-electron chi connectivity index (χ2n) is 3.27. The molecule has 88 valence electrons. The normalized spacial score (nSPS) is 10.2. The molecule has 6 nitrogen and oxygen atoms in total. The summed E-state index contributed by atoms with van der Waals surface area (Å²) >= 11 is 3.26. The molecule has 2 aromatic rings. The minimum Gasteiger partial charge on any atom is -0.398 e. The van der Waals surface area contributed by atoms with Gasteiger partial charge >= 0.3 is 0 Å². The molecule has 0 saturated carbocycles. The Morgan fingerprint density at radius 3 is 3.00 bits per heavy atom. The lowest BCUT2D eigenvalue weighted by atomic mass is 10.2. The van der Waals surface area contributed by atoms with Crippen molar-refractivity contribution >= 4 is 27.5 Å². The summed E-state index contributed by atoms with van der Waals surface area (Å²) in [4.78, 5) is 15.5. The highest BCUT2D eigenvalue weighted by atomic mass is 79.9. The Morgan fingerprint density at radius 2 is 2.35 bits per heavy atom. The van der Waals surface area contributed by atoms with E-state index in [1.807, 2.05) is 0 Å². The summed E-state index contributed by atoms with van der Waals surface area (Å²) in [7, 11) is 0. The minimum atomic E-state index is -0.242. The Labute approximate surface area is 105 Å². The summed E-state index contributed by atoms with van der Waals surface area (Å²) in [5, 5.41) is 6.23. The van der Waals surface area contributed by atoms with Crippen molar-refractivity contribution in [2.75, 3.05) is 5.73 Å². The smallest absolute Gasteiger partial charge is 0.251 e. The van der Waals surface area contributed by atoms with Crippen LogP contribution < -0.4 is 11.1 Å². The van der Waals surface area contributed by atoms with E-state index >= 15 is 0 Å². The number of amides is 1. The van der Waals surface area contributed by atoms with Crippen LogP contribution in [0.3, 0.4) is 0 Å². The summed E-state index contributed by atoms with van der Waals surface area (Å²) in [5.41, 5.74) is 6.67. The number of hydrogen-bond donors (Lipinski definition) is 2. The van der Waals surface area contributed by atoms with E-state index in [-0.39, 0.29) is 12.5 Å². The molecule has 0 saturated heterocycles. The first kappa shape index (κ1) is 11.6. The fourth-order valence-electron chi connectivity index (χ4n) is 1.22. The number of carbonyl (C=O) groups is 1. The summed E-state index contributed by atoms with van der Waals surface area (Å²) < 4.78 is 5.31. The largest absolute Gasteiger partial charge is 0.398 e. The monoisotopic (exact) mass is 296 g/mol. The second-order valence-corrected chi connectivity index (χ2v) is 4.12. The highest BCUT2D eigenvalue weighted by Gasteiger charge is 2.08. The van der Waals surface area contributed by atoms with E-state index in [4.69, 9.17) is 5.73 Å². The zero-order chi connectivity index (χ0) is 12.3. The Bertz CT molecular complexity index is 527. The predicted octanol–water partition coefficient (Wildman–Crippen LogP) is 1.34. The molecule has 0 spiro atoms. The van der Waals surface area contributed by atoms with Crippen molar-refractivity contribution in [1.29, 1.82) is 0 Å². The number of carbonyl (C=O) groups excluding carboxylic acids is 1. The van der Waals surface area contributed by atoms with Gasteiger partial charge in [-0.05, 0) is 34.1 Å². The maximum Gasteiger partial charge on any atom is 0.251 e. The van der Waals surface area contributed by atoms with Crippen molar-refractivity contribution in [3.63, 3.8) is 0 Å². The van der Waals surface area contributed by atoms with Gasteiger partial charge in [0.15, 0.2) is 5.82 Å². The van der Waals surface area contributed by atoms with Gasteiger partial charge in [-0.1, -0.05) is 5.16 Å². The van der Waals surface area contributed by atoms with Crippen molar-refractivity contribution < 1.29 is 9.32 Å². The molecule has 1 aromatic heterocycles. The number of hydrogen-bond acceptors (Lipinski definition) is 5. The summed E-state index contributed by atoms with van der Waals surface area (Å²) in [6.07, 6.45) is 1.21.